The van der Waals surface area contributed by atoms with Crippen molar-refractivity contribution in [2.24, 2.45) is 5.73 Å². The molecule has 3 rings (SSSR count). The number of primary amides is 1. The number of carbonyl (C=O) groups is 2. The molecule has 1 heterocycles. The number of amides is 2. The largest absolute Gasteiger partial charge is 0.365 e. The second kappa shape index (κ2) is 9.92. The highest BCUT2D eigenvalue weighted by atomic mass is 35.6. The van der Waals surface area contributed by atoms with Gasteiger partial charge < -0.3 is 21.7 Å². The minimum absolute atomic E-state index is 0.0857. The number of halogens is 3. The van der Waals surface area contributed by atoms with Gasteiger partial charge in [0.05, 0.1) is 5.56 Å². The summed E-state index contributed by atoms with van der Waals surface area (Å²) >= 11 is 25.0. The molecule has 2 amide bonds. The van der Waals surface area contributed by atoms with E-state index in [1.807, 2.05) is 19.1 Å². The van der Waals surface area contributed by atoms with Gasteiger partial charge in [0, 0.05) is 10.4 Å². The molecule has 0 saturated heterocycles. The molecule has 31 heavy (non-hydrogen) atoms. The average molecular weight is 520 g/mol. The van der Waals surface area contributed by atoms with E-state index in [-0.39, 0.29) is 5.11 Å². The molecule has 0 spiro atoms. The Balaban J connectivity index is 1.76. The Kier molecular flexibility index (Phi) is 7.70. The SMILES string of the molecule is Cc1ccccc1C(=O)NC(NC(=S)Nc1sc2c(c1C(N)=O)CCCC2)C(Cl)(Cl)Cl. The van der Waals surface area contributed by atoms with Crippen LogP contribution in [0.1, 0.15) is 49.6 Å². The molecule has 0 radical (unpaired) electrons. The number of anilines is 1. The maximum atomic E-state index is 12.7. The van der Waals surface area contributed by atoms with Crippen molar-refractivity contribution < 1.29 is 9.59 Å². The van der Waals surface area contributed by atoms with Crippen LogP contribution in [0.15, 0.2) is 24.3 Å². The zero-order chi connectivity index (χ0) is 22.8. The van der Waals surface area contributed by atoms with E-state index < -0.39 is 21.8 Å². The first-order valence-electron chi connectivity index (χ1n) is 9.53. The molecule has 1 unspecified atom stereocenters. The number of thiocarbonyl (C=S) groups is 1. The molecular weight excluding hydrogens is 499 g/mol. The standard InChI is InChI=1S/C20H21Cl3N4O2S2/c1-10-6-2-3-7-11(10)16(29)25-18(20(21,22)23)27-19(30)26-17-14(15(24)28)12-8-4-5-9-13(12)31-17/h2-3,6-7,18H,4-5,8-9H2,1H3,(H2,24,28)(H,25,29)(H2,26,27,30). The van der Waals surface area contributed by atoms with Crippen LogP contribution in [-0.4, -0.2) is 26.9 Å². The molecule has 2 aromatic rings. The Hall–Kier alpha value is -1.58. The van der Waals surface area contributed by atoms with Crippen LogP contribution in [0.3, 0.4) is 0 Å². The van der Waals surface area contributed by atoms with Crippen LogP contribution in [0.5, 0.6) is 0 Å². The van der Waals surface area contributed by atoms with E-state index in [1.165, 1.54) is 11.3 Å². The number of aryl methyl sites for hydroxylation is 2. The molecule has 11 heteroatoms. The molecule has 0 fully saturated rings. The number of hydrogen-bond donors (Lipinski definition) is 4. The van der Waals surface area contributed by atoms with Crippen molar-refractivity contribution in [1.82, 2.24) is 10.6 Å². The third kappa shape index (κ3) is 5.81. The topological polar surface area (TPSA) is 96.2 Å². The van der Waals surface area contributed by atoms with Crippen molar-refractivity contribution in [3.05, 3.63) is 51.4 Å². The van der Waals surface area contributed by atoms with Crippen molar-refractivity contribution in [2.45, 2.75) is 42.6 Å². The maximum Gasteiger partial charge on any atom is 0.253 e. The second-order valence-electron chi connectivity index (χ2n) is 7.14. The van der Waals surface area contributed by atoms with Gasteiger partial charge in [-0.1, -0.05) is 53.0 Å². The van der Waals surface area contributed by atoms with Gasteiger partial charge in [-0.25, -0.2) is 0 Å². The summed E-state index contributed by atoms with van der Waals surface area (Å²) in [6, 6.07) is 7.05. The summed E-state index contributed by atoms with van der Waals surface area (Å²) in [6.45, 7) is 1.81. The Morgan fingerprint density at radius 1 is 1.16 bits per heavy atom. The number of thiophene rings is 1. The van der Waals surface area contributed by atoms with Gasteiger partial charge in [-0.3, -0.25) is 9.59 Å². The summed E-state index contributed by atoms with van der Waals surface area (Å²) in [5, 5.41) is 9.09. The van der Waals surface area contributed by atoms with Crippen LogP contribution in [0.4, 0.5) is 5.00 Å². The van der Waals surface area contributed by atoms with Gasteiger partial charge in [0.25, 0.3) is 11.8 Å². The van der Waals surface area contributed by atoms with Gasteiger partial charge in [-0.2, -0.15) is 0 Å². The minimum Gasteiger partial charge on any atom is -0.365 e. The quantitative estimate of drug-likeness (QED) is 0.266. The third-order valence-corrected chi connectivity index (χ3v) is 6.99. The fourth-order valence-corrected chi connectivity index (χ4v) is 5.33. The highest BCUT2D eigenvalue weighted by molar-refractivity contribution is 7.80. The number of nitrogens with one attached hydrogen (secondary N) is 3. The number of nitrogens with two attached hydrogens (primary N) is 1. The zero-order valence-electron chi connectivity index (χ0n) is 16.6. The number of fused-ring (bicyclic) bond motifs is 1. The third-order valence-electron chi connectivity index (χ3n) is 4.91. The van der Waals surface area contributed by atoms with Crippen molar-refractivity contribution >= 4 is 80.3 Å². The first-order valence-corrected chi connectivity index (χ1v) is 11.9. The lowest BCUT2D eigenvalue weighted by Gasteiger charge is -2.28. The molecule has 6 nitrogen and oxygen atoms in total. The molecule has 5 N–H and O–H groups in total. The van der Waals surface area contributed by atoms with Crippen LogP contribution in [-0.2, 0) is 12.8 Å². The second-order valence-corrected chi connectivity index (χ2v) is 11.0. The lowest BCUT2D eigenvalue weighted by Crippen LogP contribution is -2.56. The molecular formula is C20H21Cl3N4O2S2. The van der Waals surface area contributed by atoms with Crippen molar-refractivity contribution in [1.29, 1.82) is 0 Å². The van der Waals surface area contributed by atoms with Gasteiger partial charge >= 0.3 is 0 Å². The first kappa shape index (κ1) is 24.1. The molecule has 166 valence electrons. The van der Waals surface area contributed by atoms with Crippen LogP contribution in [0.25, 0.3) is 0 Å². The summed E-state index contributed by atoms with van der Waals surface area (Å²) in [7, 11) is 0. The molecule has 0 aliphatic heterocycles. The highest BCUT2D eigenvalue weighted by Crippen LogP contribution is 2.38. The van der Waals surface area contributed by atoms with Crippen molar-refractivity contribution in [3.8, 4) is 0 Å². The van der Waals surface area contributed by atoms with Crippen LogP contribution in [0.2, 0.25) is 0 Å². The molecule has 1 aliphatic rings. The lowest BCUT2D eigenvalue weighted by molar-refractivity contribution is 0.0933. The summed E-state index contributed by atoms with van der Waals surface area (Å²) in [6.07, 6.45) is 2.64. The van der Waals surface area contributed by atoms with E-state index in [0.717, 1.165) is 41.7 Å². The van der Waals surface area contributed by atoms with Crippen molar-refractivity contribution in [3.63, 3.8) is 0 Å². The summed E-state index contributed by atoms with van der Waals surface area (Å²) in [4.78, 5) is 25.9. The smallest absolute Gasteiger partial charge is 0.253 e. The van der Waals surface area contributed by atoms with Gasteiger partial charge in [-0.05, 0) is 62.0 Å². The zero-order valence-corrected chi connectivity index (χ0v) is 20.5. The van der Waals surface area contributed by atoms with E-state index in [4.69, 9.17) is 52.8 Å². The Morgan fingerprint density at radius 3 is 2.48 bits per heavy atom. The number of hydrogen-bond acceptors (Lipinski definition) is 4. The maximum absolute atomic E-state index is 12.7. The lowest BCUT2D eigenvalue weighted by atomic mass is 9.95. The Labute approximate surface area is 204 Å². The fourth-order valence-electron chi connectivity index (χ4n) is 3.42. The van der Waals surface area contributed by atoms with Crippen LogP contribution >= 0.6 is 58.4 Å². The van der Waals surface area contributed by atoms with E-state index in [0.29, 0.717) is 16.1 Å². The van der Waals surface area contributed by atoms with Gasteiger partial charge in [0.1, 0.15) is 11.2 Å². The molecule has 1 aliphatic carbocycles. The first-order chi connectivity index (χ1) is 14.6. The predicted octanol–water partition coefficient (Wildman–Crippen LogP) is 4.45. The van der Waals surface area contributed by atoms with E-state index >= 15 is 0 Å². The fraction of sp³-hybridized carbons (Fsp3) is 0.350. The summed E-state index contributed by atoms with van der Waals surface area (Å²) < 4.78 is -1.90. The van der Waals surface area contributed by atoms with E-state index in [2.05, 4.69) is 16.0 Å². The van der Waals surface area contributed by atoms with E-state index in [1.54, 1.807) is 12.1 Å². The molecule has 1 aromatic heterocycles. The van der Waals surface area contributed by atoms with Crippen LogP contribution in [0, 0.1) is 6.92 Å². The van der Waals surface area contributed by atoms with Gasteiger partial charge in [0.15, 0.2) is 5.11 Å². The number of rotatable bonds is 5. The minimum atomic E-state index is -1.90. The Morgan fingerprint density at radius 2 is 1.84 bits per heavy atom. The molecule has 0 bridgehead atoms. The number of carbonyl (C=O) groups excluding carboxylic acids is 2. The van der Waals surface area contributed by atoms with Gasteiger partial charge in [0.2, 0.25) is 3.79 Å². The van der Waals surface area contributed by atoms with Crippen LogP contribution < -0.4 is 21.7 Å². The van der Waals surface area contributed by atoms with Crippen molar-refractivity contribution in [2.75, 3.05) is 5.32 Å². The average Bonchev–Trinajstić information content (AvgIpc) is 3.04. The summed E-state index contributed by atoms with van der Waals surface area (Å²) in [5.41, 5.74) is 8.26. The highest BCUT2D eigenvalue weighted by Gasteiger charge is 2.35. The number of alkyl halides is 3. The number of benzene rings is 1. The monoisotopic (exact) mass is 518 g/mol. The predicted molar refractivity (Wildman–Crippen MR) is 132 cm³/mol. The van der Waals surface area contributed by atoms with Gasteiger partial charge in [-0.15, -0.1) is 11.3 Å². The molecule has 1 atom stereocenters. The Bertz CT molecular complexity index is 1020. The summed E-state index contributed by atoms with van der Waals surface area (Å²) in [5.74, 6) is -0.940. The normalized spacial score (nSPS) is 14.3. The van der Waals surface area contributed by atoms with E-state index in [9.17, 15) is 9.59 Å². The molecule has 0 saturated carbocycles. The molecule has 1 aromatic carbocycles.